The number of aromatic nitrogens is 4. The molecule has 2 N–H and O–H groups in total. The van der Waals surface area contributed by atoms with Crippen molar-refractivity contribution in [1.29, 1.82) is 0 Å². The van der Waals surface area contributed by atoms with Crippen molar-refractivity contribution in [2.75, 3.05) is 18.8 Å². The molecule has 1 fully saturated rings. The normalized spacial score (nSPS) is 16.3. The monoisotopic (exact) mass is 550 g/mol. The number of nitrogen functional groups attached to an aromatic ring is 1. The molecule has 2 aromatic carbocycles. The quantitative estimate of drug-likeness (QED) is 0.177. The molecule has 1 unspecified atom stereocenters. The summed E-state index contributed by atoms with van der Waals surface area (Å²) in [5, 5.41) is 6.79. The van der Waals surface area contributed by atoms with Gasteiger partial charge in [-0.1, -0.05) is 12.0 Å². The number of carbonyl (C=O) groups excluding carboxylic acids is 1. The molecule has 5 rings (SSSR count). The van der Waals surface area contributed by atoms with Crippen LogP contribution in [-0.2, 0) is 4.74 Å². The van der Waals surface area contributed by atoms with Gasteiger partial charge in [-0.3, -0.25) is 4.68 Å². The van der Waals surface area contributed by atoms with E-state index in [1.165, 1.54) is 6.33 Å². The predicted octanol–water partition coefficient (Wildman–Crippen LogP) is 6.27. The van der Waals surface area contributed by atoms with Crippen molar-refractivity contribution in [3.05, 3.63) is 66.7 Å². The molecule has 210 valence electrons. The van der Waals surface area contributed by atoms with Gasteiger partial charge in [0.15, 0.2) is 0 Å². The van der Waals surface area contributed by atoms with Crippen molar-refractivity contribution < 1.29 is 14.3 Å². The molecule has 0 saturated carbocycles. The first-order chi connectivity index (χ1) is 19.7. The molecule has 9 heteroatoms. The highest BCUT2D eigenvalue weighted by Gasteiger charge is 2.30. The van der Waals surface area contributed by atoms with E-state index in [9.17, 15) is 4.79 Å². The lowest BCUT2D eigenvalue weighted by molar-refractivity contribution is 0.0169. The summed E-state index contributed by atoms with van der Waals surface area (Å²) in [6, 6.07) is 11.7. The largest absolute Gasteiger partial charge is 0.457 e. The number of piperidine rings is 1. The van der Waals surface area contributed by atoms with E-state index < -0.39 is 5.60 Å². The Morgan fingerprint density at radius 1 is 1.17 bits per heavy atom. The maximum atomic E-state index is 12.9. The summed E-state index contributed by atoms with van der Waals surface area (Å²) in [5.74, 6) is 4.14. The van der Waals surface area contributed by atoms with Gasteiger partial charge in [0.2, 0.25) is 0 Å². The minimum atomic E-state index is -0.561. The van der Waals surface area contributed by atoms with Crippen molar-refractivity contribution in [3.8, 4) is 29.4 Å². The molecule has 4 aromatic rings. The number of terminal acetylenes is 1. The number of allylic oxidation sites excluding steroid dienone is 3. The molecule has 1 atom stereocenters. The molecule has 0 aliphatic carbocycles. The summed E-state index contributed by atoms with van der Waals surface area (Å²) in [7, 11) is 0. The second kappa shape index (κ2) is 11.3. The molecule has 1 saturated heterocycles. The second-order valence-corrected chi connectivity index (χ2v) is 11.0. The maximum Gasteiger partial charge on any atom is 0.410 e. The Bertz CT molecular complexity index is 1690. The van der Waals surface area contributed by atoms with Crippen LogP contribution < -0.4 is 10.5 Å². The Morgan fingerprint density at radius 2 is 1.95 bits per heavy atom. The molecular weight excluding hydrogens is 516 g/mol. The highest BCUT2D eigenvalue weighted by molar-refractivity contribution is 6.04. The number of anilines is 1. The fraction of sp³-hybridized carbons (Fsp3) is 0.312. The van der Waals surface area contributed by atoms with E-state index in [0.29, 0.717) is 30.4 Å². The van der Waals surface area contributed by atoms with Gasteiger partial charge in [0.25, 0.3) is 0 Å². The van der Waals surface area contributed by atoms with E-state index >= 15 is 0 Å². The number of fused-ring (bicyclic) bond motifs is 2. The summed E-state index contributed by atoms with van der Waals surface area (Å²) >= 11 is 0. The van der Waals surface area contributed by atoms with Crippen LogP contribution in [0, 0.1) is 12.3 Å². The van der Waals surface area contributed by atoms with Gasteiger partial charge in [-0.25, -0.2) is 14.8 Å². The van der Waals surface area contributed by atoms with Gasteiger partial charge in [-0.2, -0.15) is 5.10 Å². The van der Waals surface area contributed by atoms with E-state index in [2.05, 4.69) is 15.9 Å². The van der Waals surface area contributed by atoms with Crippen LogP contribution in [0.4, 0.5) is 10.6 Å². The first-order valence-corrected chi connectivity index (χ1v) is 13.6. The molecule has 41 heavy (non-hydrogen) atoms. The lowest BCUT2D eigenvalue weighted by atomic mass is 10.0. The molecule has 0 spiro atoms. The average Bonchev–Trinajstić information content (AvgIpc) is 3.31. The standard InChI is InChI=1S/C32H34N6O3/c1-6-9-23(10-7-2)40-24-14-12-21(13-15-24)29-26-17-25-27(34-20-35-30(25)33)18-28(26)38(36-29)22-11-8-16-37(19-22)31(39)41-32(3,4)5/h1,7,9-10,12-15,17-18,20,22H,8,11,16,19H2,2-5H3,(H2,33,34,35)/b10-7-,23-9+. The number of ether oxygens (including phenoxy) is 2. The molecule has 3 heterocycles. The zero-order valence-corrected chi connectivity index (χ0v) is 23.8. The van der Waals surface area contributed by atoms with Gasteiger partial charge in [0, 0.05) is 35.5 Å². The highest BCUT2D eigenvalue weighted by Crippen LogP contribution is 2.36. The second-order valence-electron chi connectivity index (χ2n) is 11.0. The number of nitrogens with two attached hydrogens (primary N) is 1. The summed E-state index contributed by atoms with van der Waals surface area (Å²) in [6.07, 6.45) is 13.6. The van der Waals surface area contributed by atoms with Gasteiger partial charge < -0.3 is 20.1 Å². The van der Waals surface area contributed by atoms with Crippen LogP contribution in [0.2, 0.25) is 0 Å². The van der Waals surface area contributed by atoms with E-state index in [1.54, 1.807) is 11.0 Å². The van der Waals surface area contributed by atoms with Crippen molar-refractivity contribution in [1.82, 2.24) is 24.6 Å². The Kier molecular flexibility index (Phi) is 7.66. The van der Waals surface area contributed by atoms with E-state index in [-0.39, 0.29) is 12.1 Å². The first-order valence-electron chi connectivity index (χ1n) is 13.6. The van der Waals surface area contributed by atoms with Crippen LogP contribution in [0.25, 0.3) is 33.1 Å². The minimum absolute atomic E-state index is 0.0379. The van der Waals surface area contributed by atoms with Crippen LogP contribution in [0.1, 0.15) is 46.6 Å². The number of carbonyl (C=O) groups is 1. The fourth-order valence-corrected chi connectivity index (χ4v) is 5.02. The molecule has 9 nitrogen and oxygen atoms in total. The molecule has 1 aliphatic rings. The zero-order valence-electron chi connectivity index (χ0n) is 23.8. The Morgan fingerprint density at radius 3 is 2.66 bits per heavy atom. The van der Waals surface area contributed by atoms with E-state index in [0.717, 1.165) is 45.9 Å². The fourth-order valence-electron chi connectivity index (χ4n) is 5.02. The molecule has 0 bridgehead atoms. The van der Waals surface area contributed by atoms with Crippen LogP contribution in [0.15, 0.2) is 66.7 Å². The molecular formula is C32H34N6O3. The minimum Gasteiger partial charge on any atom is -0.457 e. The van der Waals surface area contributed by atoms with Gasteiger partial charge in [0.05, 0.1) is 17.1 Å². The predicted molar refractivity (Wildman–Crippen MR) is 161 cm³/mol. The first kappa shape index (κ1) is 27.7. The number of hydrogen-bond donors (Lipinski definition) is 1. The van der Waals surface area contributed by atoms with Gasteiger partial charge in [0.1, 0.15) is 34.9 Å². The van der Waals surface area contributed by atoms with E-state index in [4.69, 9.17) is 26.7 Å². The lowest BCUT2D eigenvalue weighted by Crippen LogP contribution is -2.43. The summed E-state index contributed by atoms with van der Waals surface area (Å²) in [5.41, 5.74) is 9.01. The number of hydrogen-bond acceptors (Lipinski definition) is 7. The van der Waals surface area contributed by atoms with Crippen molar-refractivity contribution in [3.63, 3.8) is 0 Å². The van der Waals surface area contributed by atoms with Gasteiger partial charge in [-0.15, -0.1) is 6.42 Å². The molecule has 1 amide bonds. The summed E-state index contributed by atoms with van der Waals surface area (Å²) < 4.78 is 13.6. The topological polar surface area (TPSA) is 108 Å². The summed E-state index contributed by atoms with van der Waals surface area (Å²) in [4.78, 5) is 23.3. The third-order valence-electron chi connectivity index (χ3n) is 6.81. The van der Waals surface area contributed by atoms with Gasteiger partial charge in [-0.05, 0) is 83.0 Å². The zero-order chi connectivity index (χ0) is 29.1. The van der Waals surface area contributed by atoms with Crippen molar-refractivity contribution in [2.45, 2.75) is 52.2 Å². The van der Waals surface area contributed by atoms with Crippen LogP contribution in [0.5, 0.6) is 5.75 Å². The Balaban J connectivity index is 1.56. The number of nitrogens with zero attached hydrogens (tertiary/aromatic N) is 5. The molecule has 2 aromatic heterocycles. The maximum absolute atomic E-state index is 12.9. The number of amides is 1. The smallest absolute Gasteiger partial charge is 0.410 e. The van der Waals surface area contributed by atoms with E-state index in [1.807, 2.05) is 80.9 Å². The van der Waals surface area contributed by atoms with Gasteiger partial charge >= 0.3 is 6.09 Å². The Hall–Kier alpha value is -4.84. The SMILES string of the molecule is C#C/C=C(\C=C/C)Oc1ccc(-c2nn(C3CCCN(C(=O)OC(C)(C)C)C3)c3cc4ncnc(N)c4cc23)cc1. The third kappa shape index (κ3) is 6.02. The molecule has 1 aliphatic heterocycles. The number of rotatable bonds is 5. The van der Waals surface area contributed by atoms with Crippen LogP contribution in [-0.4, -0.2) is 49.4 Å². The highest BCUT2D eigenvalue weighted by atomic mass is 16.6. The average molecular weight is 551 g/mol. The molecule has 0 radical (unpaired) electrons. The lowest BCUT2D eigenvalue weighted by Gasteiger charge is -2.34. The van der Waals surface area contributed by atoms with Crippen LogP contribution >= 0.6 is 0 Å². The van der Waals surface area contributed by atoms with Crippen LogP contribution in [0.3, 0.4) is 0 Å². The Labute approximate surface area is 239 Å². The third-order valence-corrected chi connectivity index (χ3v) is 6.81. The number of benzene rings is 2. The number of likely N-dealkylation sites (tertiary alicyclic amines) is 1. The summed E-state index contributed by atoms with van der Waals surface area (Å²) in [6.45, 7) is 8.68. The van der Waals surface area contributed by atoms with Crippen molar-refractivity contribution >= 4 is 33.7 Å². The van der Waals surface area contributed by atoms with Crippen molar-refractivity contribution in [2.24, 2.45) is 0 Å².